The van der Waals surface area contributed by atoms with Gasteiger partial charge in [-0.05, 0) is 35.4 Å². The number of hydrogen-bond donors (Lipinski definition) is 1. The molecule has 30 heavy (non-hydrogen) atoms. The third-order valence-corrected chi connectivity index (χ3v) is 5.89. The van der Waals surface area contributed by atoms with Crippen molar-refractivity contribution in [2.75, 3.05) is 18.9 Å². The Hall–Kier alpha value is -3.10. The summed E-state index contributed by atoms with van der Waals surface area (Å²) < 4.78 is 52.4. The normalized spacial score (nSPS) is 11.1. The fourth-order valence-corrected chi connectivity index (χ4v) is 4.44. The van der Waals surface area contributed by atoms with E-state index in [-0.39, 0.29) is 22.0 Å². The second-order valence-electron chi connectivity index (χ2n) is 6.15. The Morgan fingerprint density at radius 2 is 1.70 bits per heavy atom. The highest BCUT2D eigenvalue weighted by molar-refractivity contribution is 7.92. The van der Waals surface area contributed by atoms with Gasteiger partial charge in [0, 0.05) is 0 Å². The van der Waals surface area contributed by atoms with Crippen molar-refractivity contribution in [3.05, 3.63) is 77.1 Å². The van der Waals surface area contributed by atoms with Crippen LogP contribution >= 0.6 is 11.6 Å². The van der Waals surface area contributed by atoms with E-state index in [0.717, 1.165) is 24.8 Å². The molecule has 0 aliphatic carbocycles. The van der Waals surface area contributed by atoms with Gasteiger partial charge in [0.15, 0.2) is 5.75 Å². The van der Waals surface area contributed by atoms with E-state index in [9.17, 15) is 17.6 Å². The number of halogens is 2. The Balaban J connectivity index is 2.07. The molecule has 0 aliphatic heterocycles. The summed E-state index contributed by atoms with van der Waals surface area (Å²) in [7, 11) is -1.99. The van der Waals surface area contributed by atoms with Gasteiger partial charge in [0.1, 0.15) is 10.7 Å². The van der Waals surface area contributed by atoms with Crippen molar-refractivity contribution < 1.29 is 27.1 Å². The van der Waals surface area contributed by atoms with Gasteiger partial charge in [0.25, 0.3) is 10.0 Å². The van der Waals surface area contributed by atoms with Gasteiger partial charge in [-0.2, -0.15) is 0 Å². The molecule has 0 radical (unpaired) electrons. The Kier molecular flexibility index (Phi) is 6.28. The lowest BCUT2D eigenvalue weighted by Gasteiger charge is -2.15. The van der Waals surface area contributed by atoms with Crippen molar-refractivity contribution in [1.82, 2.24) is 0 Å². The van der Waals surface area contributed by atoms with Crippen LogP contribution in [0.3, 0.4) is 0 Å². The summed E-state index contributed by atoms with van der Waals surface area (Å²) >= 11 is 6.08. The number of rotatable bonds is 6. The van der Waals surface area contributed by atoms with Crippen molar-refractivity contribution in [1.29, 1.82) is 0 Å². The van der Waals surface area contributed by atoms with Crippen molar-refractivity contribution in [3.63, 3.8) is 0 Å². The number of nitrogens with one attached hydrogen (secondary N) is 1. The number of carbonyl (C=O) groups excluding carboxylic acids is 1. The summed E-state index contributed by atoms with van der Waals surface area (Å²) in [6, 6.07) is 15.4. The van der Waals surface area contributed by atoms with Gasteiger partial charge in [-0.1, -0.05) is 48.0 Å². The second kappa shape index (κ2) is 8.73. The van der Waals surface area contributed by atoms with Crippen LogP contribution in [-0.2, 0) is 14.8 Å². The Bertz CT molecular complexity index is 1200. The van der Waals surface area contributed by atoms with Crippen LogP contribution in [0, 0.1) is 5.82 Å². The topological polar surface area (TPSA) is 81.7 Å². The zero-order valence-electron chi connectivity index (χ0n) is 16.0. The van der Waals surface area contributed by atoms with E-state index in [2.05, 4.69) is 9.46 Å². The first-order valence-electron chi connectivity index (χ1n) is 8.60. The highest BCUT2D eigenvalue weighted by Crippen LogP contribution is 2.35. The van der Waals surface area contributed by atoms with Gasteiger partial charge in [-0.25, -0.2) is 17.6 Å². The summed E-state index contributed by atoms with van der Waals surface area (Å²) in [5, 5.41) is -0.112. The molecule has 0 bridgehead atoms. The molecule has 0 amide bonds. The Labute approximate surface area is 178 Å². The fraction of sp³-hybridized carbons (Fsp3) is 0.0952. The number of benzene rings is 3. The molecule has 0 aromatic heterocycles. The minimum atomic E-state index is -4.37. The number of esters is 1. The van der Waals surface area contributed by atoms with E-state index >= 15 is 0 Å². The third kappa shape index (κ3) is 4.39. The molecule has 0 saturated heterocycles. The number of ether oxygens (including phenoxy) is 2. The van der Waals surface area contributed by atoms with Crippen molar-refractivity contribution in [3.8, 4) is 16.9 Å². The molecule has 6 nitrogen and oxygen atoms in total. The quantitative estimate of drug-likeness (QED) is 0.549. The van der Waals surface area contributed by atoms with Crippen LogP contribution in [0.25, 0.3) is 11.1 Å². The van der Waals surface area contributed by atoms with Crippen LogP contribution in [0.15, 0.2) is 65.6 Å². The minimum absolute atomic E-state index is 0.0952. The molecule has 1 N–H and O–H groups in total. The first kappa shape index (κ1) is 21.6. The lowest BCUT2D eigenvalue weighted by molar-refractivity contribution is 0.0600. The van der Waals surface area contributed by atoms with Crippen LogP contribution in [0.5, 0.6) is 5.75 Å². The summed E-state index contributed by atoms with van der Waals surface area (Å²) in [6.07, 6.45) is 0. The lowest BCUT2D eigenvalue weighted by Crippen LogP contribution is -2.16. The van der Waals surface area contributed by atoms with Gasteiger partial charge in [-0.3, -0.25) is 4.72 Å². The molecule has 0 atom stereocenters. The lowest BCUT2D eigenvalue weighted by atomic mass is 10.1. The maximum absolute atomic E-state index is 14.4. The van der Waals surface area contributed by atoms with Gasteiger partial charge in [0.05, 0.1) is 30.5 Å². The highest BCUT2D eigenvalue weighted by Gasteiger charge is 2.26. The van der Waals surface area contributed by atoms with E-state index in [4.69, 9.17) is 16.3 Å². The number of carbonyl (C=O) groups is 1. The van der Waals surface area contributed by atoms with Crippen LogP contribution in [0.2, 0.25) is 5.02 Å². The molecular formula is C21H17ClFNO5S. The van der Waals surface area contributed by atoms with Gasteiger partial charge in [0.2, 0.25) is 0 Å². The van der Waals surface area contributed by atoms with Crippen molar-refractivity contribution >= 4 is 33.3 Å². The molecular weight excluding hydrogens is 433 g/mol. The summed E-state index contributed by atoms with van der Waals surface area (Å²) in [5.41, 5.74) is 1.04. The number of hydrogen-bond acceptors (Lipinski definition) is 5. The average Bonchev–Trinajstić information content (AvgIpc) is 2.74. The summed E-state index contributed by atoms with van der Waals surface area (Å²) in [5.74, 6) is -1.74. The van der Waals surface area contributed by atoms with E-state index in [1.54, 1.807) is 0 Å². The maximum Gasteiger partial charge on any atom is 0.337 e. The van der Waals surface area contributed by atoms with E-state index in [0.29, 0.717) is 5.56 Å². The first-order valence-corrected chi connectivity index (χ1v) is 10.5. The van der Waals surface area contributed by atoms with Gasteiger partial charge in [-0.15, -0.1) is 0 Å². The molecule has 0 aliphatic rings. The molecule has 156 valence electrons. The second-order valence-corrected chi connectivity index (χ2v) is 8.21. The van der Waals surface area contributed by atoms with Gasteiger partial charge >= 0.3 is 5.97 Å². The van der Waals surface area contributed by atoms with Gasteiger partial charge < -0.3 is 9.47 Å². The van der Waals surface area contributed by atoms with E-state index in [1.807, 2.05) is 30.3 Å². The molecule has 0 fully saturated rings. The van der Waals surface area contributed by atoms with Crippen LogP contribution in [0.4, 0.5) is 10.1 Å². The third-order valence-electron chi connectivity index (χ3n) is 4.24. The molecule has 0 spiro atoms. The summed E-state index contributed by atoms with van der Waals surface area (Å²) in [4.78, 5) is 11.4. The number of anilines is 1. The predicted octanol–water partition coefficient (Wildman–Crippen LogP) is 4.74. The summed E-state index contributed by atoms with van der Waals surface area (Å²) in [6.45, 7) is 0. The largest absolute Gasteiger partial charge is 0.494 e. The zero-order chi connectivity index (χ0) is 21.9. The van der Waals surface area contributed by atoms with E-state index in [1.165, 1.54) is 25.3 Å². The molecule has 0 heterocycles. The predicted molar refractivity (Wildman–Crippen MR) is 112 cm³/mol. The minimum Gasteiger partial charge on any atom is -0.494 e. The monoisotopic (exact) mass is 449 g/mol. The fourth-order valence-electron chi connectivity index (χ4n) is 2.82. The number of methoxy groups -OCH3 is 2. The highest BCUT2D eigenvalue weighted by atomic mass is 35.5. The van der Waals surface area contributed by atoms with Crippen molar-refractivity contribution in [2.45, 2.75) is 4.90 Å². The Morgan fingerprint density at radius 1 is 1.00 bits per heavy atom. The van der Waals surface area contributed by atoms with E-state index < -0.39 is 26.7 Å². The van der Waals surface area contributed by atoms with Crippen LogP contribution < -0.4 is 9.46 Å². The maximum atomic E-state index is 14.4. The molecule has 3 aromatic carbocycles. The van der Waals surface area contributed by atoms with Crippen molar-refractivity contribution in [2.24, 2.45) is 0 Å². The average molecular weight is 450 g/mol. The molecule has 3 aromatic rings. The standard InChI is InChI=1S/C21H17ClFNO5S/c1-28-20-16(22)10-15(21(25)29-2)12-19(20)30(26,27)24-18-11-14(8-9-17(18)23)13-6-4-3-5-7-13/h3-12,24H,1-2H3. The molecule has 0 saturated carbocycles. The van der Waals surface area contributed by atoms with Crippen LogP contribution in [-0.4, -0.2) is 28.6 Å². The Morgan fingerprint density at radius 3 is 2.33 bits per heavy atom. The molecule has 0 unspecified atom stereocenters. The SMILES string of the molecule is COC(=O)c1cc(Cl)c(OC)c(S(=O)(=O)Nc2cc(-c3ccccc3)ccc2F)c1. The molecule has 9 heteroatoms. The number of sulfonamides is 1. The zero-order valence-corrected chi connectivity index (χ0v) is 17.6. The van der Waals surface area contributed by atoms with Crippen LogP contribution in [0.1, 0.15) is 10.4 Å². The first-order chi connectivity index (χ1) is 14.3. The smallest absolute Gasteiger partial charge is 0.337 e. The molecule has 3 rings (SSSR count).